The van der Waals surface area contributed by atoms with Crippen LogP contribution in [0.5, 0.6) is 0 Å². The Bertz CT molecular complexity index is 875. The first-order valence-corrected chi connectivity index (χ1v) is 10.5. The minimum Gasteiger partial charge on any atom is -0.341 e. The van der Waals surface area contributed by atoms with Crippen LogP contribution < -0.4 is 10.6 Å². The molecule has 2 fully saturated rings. The minimum absolute atomic E-state index is 0.0261. The summed E-state index contributed by atoms with van der Waals surface area (Å²) in [7, 11) is 0. The van der Waals surface area contributed by atoms with E-state index in [1.807, 2.05) is 53.9 Å². The van der Waals surface area contributed by atoms with Gasteiger partial charge in [0.05, 0.1) is 18.1 Å². The van der Waals surface area contributed by atoms with Gasteiger partial charge in [0, 0.05) is 36.1 Å². The van der Waals surface area contributed by atoms with Crippen LogP contribution in [0.25, 0.3) is 5.69 Å². The second kappa shape index (κ2) is 8.37. The molecule has 29 heavy (non-hydrogen) atoms. The molecular weight excluding hydrogens is 366 g/mol. The van der Waals surface area contributed by atoms with E-state index in [4.69, 9.17) is 0 Å². The average Bonchev–Trinajstić information content (AvgIpc) is 3.39. The Balaban J connectivity index is 1.31. The van der Waals surface area contributed by atoms with Crippen molar-refractivity contribution in [2.45, 2.75) is 45.6 Å². The molecule has 7 heteroatoms. The van der Waals surface area contributed by atoms with E-state index in [0.29, 0.717) is 13.1 Å². The SMILES string of the molecule is Cc1ncn(-c2ccc(NC(=O)C3CCN(C(=O)[C@@H]4CCCN4)CC3)cc2)c1C. The number of aromatic nitrogens is 2. The Morgan fingerprint density at radius 1 is 1.10 bits per heavy atom. The highest BCUT2D eigenvalue weighted by atomic mass is 16.2. The molecule has 0 spiro atoms. The first-order chi connectivity index (χ1) is 14.0. The Morgan fingerprint density at radius 2 is 1.83 bits per heavy atom. The maximum atomic E-state index is 12.7. The topological polar surface area (TPSA) is 79.3 Å². The second-order valence-corrected chi connectivity index (χ2v) is 8.07. The fourth-order valence-corrected chi connectivity index (χ4v) is 4.19. The van der Waals surface area contributed by atoms with Gasteiger partial charge in [0.1, 0.15) is 0 Å². The van der Waals surface area contributed by atoms with E-state index >= 15 is 0 Å². The van der Waals surface area contributed by atoms with Crippen LogP contribution >= 0.6 is 0 Å². The van der Waals surface area contributed by atoms with E-state index in [0.717, 1.165) is 55.0 Å². The van der Waals surface area contributed by atoms with Crippen molar-refractivity contribution in [2.75, 3.05) is 25.0 Å². The van der Waals surface area contributed by atoms with Gasteiger partial charge in [-0.3, -0.25) is 9.59 Å². The molecule has 3 heterocycles. The highest BCUT2D eigenvalue weighted by Gasteiger charge is 2.31. The third kappa shape index (κ3) is 4.19. The summed E-state index contributed by atoms with van der Waals surface area (Å²) < 4.78 is 2.03. The number of rotatable bonds is 4. The van der Waals surface area contributed by atoms with E-state index in [1.54, 1.807) is 0 Å². The van der Waals surface area contributed by atoms with Gasteiger partial charge in [-0.15, -0.1) is 0 Å². The van der Waals surface area contributed by atoms with E-state index in [-0.39, 0.29) is 23.8 Å². The summed E-state index contributed by atoms with van der Waals surface area (Å²) in [6.07, 6.45) is 5.24. The zero-order valence-corrected chi connectivity index (χ0v) is 17.1. The molecule has 7 nitrogen and oxygen atoms in total. The van der Waals surface area contributed by atoms with Gasteiger partial charge >= 0.3 is 0 Å². The molecule has 4 rings (SSSR count). The number of carbonyl (C=O) groups is 2. The van der Waals surface area contributed by atoms with E-state index in [1.165, 1.54) is 0 Å². The lowest BCUT2D eigenvalue weighted by atomic mass is 9.95. The fourth-order valence-electron chi connectivity index (χ4n) is 4.19. The van der Waals surface area contributed by atoms with Crippen LogP contribution in [-0.2, 0) is 9.59 Å². The summed E-state index contributed by atoms with van der Waals surface area (Å²) in [4.78, 5) is 31.4. The summed E-state index contributed by atoms with van der Waals surface area (Å²) in [5, 5.41) is 6.29. The van der Waals surface area contributed by atoms with Crippen LogP contribution in [0, 0.1) is 19.8 Å². The fraction of sp³-hybridized carbons (Fsp3) is 0.500. The number of nitrogens with zero attached hydrogens (tertiary/aromatic N) is 3. The smallest absolute Gasteiger partial charge is 0.239 e. The first kappa shape index (κ1) is 19.6. The van der Waals surface area contributed by atoms with Crippen LogP contribution in [0.15, 0.2) is 30.6 Å². The molecule has 2 N–H and O–H groups in total. The molecule has 1 aromatic heterocycles. The normalized spacial score (nSPS) is 20.1. The quantitative estimate of drug-likeness (QED) is 0.833. The number of amides is 2. The van der Waals surface area contributed by atoms with Crippen molar-refractivity contribution in [1.29, 1.82) is 0 Å². The largest absolute Gasteiger partial charge is 0.341 e. The van der Waals surface area contributed by atoms with E-state index < -0.39 is 0 Å². The van der Waals surface area contributed by atoms with Crippen molar-refractivity contribution in [1.82, 2.24) is 19.8 Å². The van der Waals surface area contributed by atoms with Gasteiger partial charge in [-0.25, -0.2) is 4.98 Å². The van der Waals surface area contributed by atoms with Crippen LogP contribution in [0.3, 0.4) is 0 Å². The maximum absolute atomic E-state index is 12.7. The molecule has 0 aliphatic carbocycles. The number of carbonyl (C=O) groups excluding carboxylic acids is 2. The Hall–Kier alpha value is -2.67. The number of benzene rings is 1. The molecule has 2 aliphatic rings. The lowest BCUT2D eigenvalue weighted by Gasteiger charge is -2.33. The van der Waals surface area contributed by atoms with Gasteiger partial charge in [-0.1, -0.05) is 0 Å². The number of aryl methyl sites for hydroxylation is 1. The molecule has 154 valence electrons. The molecule has 2 aromatic rings. The van der Waals surface area contributed by atoms with Crippen molar-refractivity contribution < 1.29 is 9.59 Å². The summed E-state index contributed by atoms with van der Waals surface area (Å²) >= 11 is 0. The van der Waals surface area contributed by atoms with Crippen molar-refractivity contribution in [2.24, 2.45) is 5.92 Å². The summed E-state index contributed by atoms with van der Waals surface area (Å²) in [5.41, 5.74) is 3.93. The summed E-state index contributed by atoms with van der Waals surface area (Å²) in [6, 6.07) is 7.79. The number of imidazole rings is 1. The molecule has 2 amide bonds. The van der Waals surface area contributed by atoms with Gasteiger partial charge in [-0.2, -0.15) is 0 Å². The third-order valence-corrected chi connectivity index (χ3v) is 6.20. The molecule has 0 saturated carbocycles. The van der Waals surface area contributed by atoms with Crippen molar-refractivity contribution in [3.8, 4) is 5.69 Å². The van der Waals surface area contributed by atoms with Crippen molar-refractivity contribution in [3.05, 3.63) is 42.0 Å². The number of nitrogens with one attached hydrogen (secondary N) is 2. The number of anilines is 1. The summed E-state index contributed by atoms with van der Waals surface area (Å²) in [5.74, 6) is 0.189. The molecule has 0 bridgehead atoms. The number of likely N-dealkylation sites (tertiary alicyclic amines) is 1. The predicted molar refractivity (Wildman–Crippen MR) is 112 cm³/mol. The third-order valence-electron chi connectivity index (χ3n) is 6.20. The van der Waals surface area contributed by atoms with Gasteiger partial charge in [-0.05, 0) is 70.3 Å². The average molecular weight is 396 g/mol. The van der Waals surface area contributed by atoms with Gasteiger partial charge < -0.3 is 20.1 Å². The van der Waals surface area contributed by atoms with Crippen molar-refractivity contribution in [3.63, 3.8) is 0 Å². The zero-order valence-electron chi connectivity index (χ0n) is 17.1. The Morgan fingerprint density at radius 3 is 2.41 bits per heavy atom. The molecular formula is C22H29N5O2. The predicted octanol–water partition coefficient (Wildman–Crippen LogP) is 2.42. The van der Waals surface area contributed by atoms with Gasteiger partial charge in [0.15, 0.2) is 0 Å². The van der Waals surface area contributed by atoms with E-state index in [2.05, 4.69) is 15.6 Å². The van der Waals surface area contributed by atoms with Crippen LogP contribution in [0.1, 0.15) is 37.1 Å². The first-order valence-electron chi connectivity index (χ1n) is 10.5. The van der Waals surface area contributed by atoms with Gasteiger partial charge in [0.2, 0.25) is 11.8 Å². The maximum Gasteiger partial charge on any atom is 0.239 e. The van der Waals surface area contributed by atoms with Crippen LogP contribution in [-0.4, -0.2) is 51.9 Å². The monoisotopic (exact) mass is 395 g/mol. The molecule has 2 aliphatic heterocycles. The highest BCUT2D eigenvalue weighted by Crippen LogP contribution is 2.22. The van der Waals surface area contributed by atoms with Crippen LogP contribution in [0.2, 0.25) is 0 Å². The minimum atomic E-state index is -0.0474. The molecule has 0 unspecified atom stereocenters. The molecule has 1 aromatic carbocycles. The Labute approximate surface area is 171 Å². The molecule has 1 atom stereocenters. The number of hydrogen-bond donors (Lipinski definition) is 2. The highest BCUT2D eigenvalue weighted by molar-refractivity contribution is 5.93. The summed E-state index contributed by atoms with van der Waals surface area (Å²) in [6.45, 7) is 6.27. The van der Waals surface area contributed by atoms with Gasteiger partial charge in [0.25, 0.3) is 0 Å². The lowest BCUT2D eigenvalue weighted by Crippen LogP contribution is -2.48. The lowest BCUT2D eigenvalue weighted by molar-refractivity contribution is -0.136. The molecule has 2 saturated heterocycles. The number of piperidine rings is 1. The van der Waals surface area contributed by atoms with Crippen molar-refractivity contribution >= 4 is 17.5 Å². The zero-order chi connectivity index (χ0) is 20.4. The number of hydrogen-bond acceptors (Lipinski definition) is 4. The molecule has 0 radical (unpaired) electrons. The van der Waals surface area contributed by atoms with Crippen LogP contribution in [0.4, 0.5) is 5.69 Å². The van der Waals surface area contributed by atoms with E-state index in [9.17, 15) is 9.59 Å². The Kier molecular flexibility index (Phi) is 5.67. The standard InChI is InChI=1S/C22H29N5O2/c1-15-16(2)27(14-24-15)19-7-5-18(6-8-19)25-21(28)17-9-12-26(13-10-17)22(29)20-4-3-11-23-20/h5-8,14,17,20,23H,3-4,9-13H2,1-2H3,(H,25,28)/t20-/m0/s1. The second-order valence-electron chi connectivity index (χ2n) is 8.07.